The molecular weight excluding hydrogens is 999 g/mol. The van der Waals surface area contributed by atoms with Crippen molar-refractivity contribution in [1.82, 2.24) is 40.8 Å². The third-order valence-corrected chi connectivity index (χ3v) is 9.42. The first-order chi connectivity index (χ1) is 30.9. The molecule has 1 fully saturated rings. The third-order valence-electron chi connectivity index (χ3n) is 8.07. The van der Waals surface area contributed by atoms with Crippen LogP contribution >= 0.6 is 36.4 Å². The van der Waals surface area contributed by atoms with Crippen molar-refractivity contribution < 1.29 is 86.4 Å². The maximum atomic E-state index is 12.4. The molecule has 3 aromatic carbocycles. The van der Waals surface area contributed by atoms with Gasteiger partial charge in [0, 0.05) is 77.2 Å². The van der Waals surface area contributed by atoms with E-state index >= 15 is 0 Å². The van der Waals surface area contributed by atoms with Crippen molar-refractivity contribution in [3.05, 3.63) is 114 Å². The maximum absolute atomic E-state index is 12.4. The van der Waals surface area contributed by atoms with Crippen LogP contribution in [0.2, 0.25) is 0 Å². The van der Waals surface area contributed by atoms with E-state index in [0.717, 1.165) is 19.3 Å². The second kappa shape index (κ2) is 26.0. The summed E-state index contributed by atoms with van der Waals surface area (Å²) in [7, 11) is 0. The quantitative estimate of drug-likeness (QED) is 0.0807. The largest absolute Gasteiger partial charge is 0.399 e. The van der Waals surface area contributed by atoms with E-state index in [0.29, 0.717) is 33.3 Å². The maximum Gasteiger partial charge on any atom is 0.322 e. The predicted molar refractivity (Wildman–Crippen MR) is 223 cm³/mol. The summed E-state index contributed by atoms with van der Waals surface area (Å²) in [5.74, 6) is -4.15. The fraction of sp³-hybridized carbons (Fsp3) is 0.162. The van der Waals surface area contributed by atoms with Crippen molar-refractivity contribution in [2.24, 2.45) is 5.73 Å². The number of piperidine rings is 1. The molecule has 0 spiro atoms. The van der Waals surface area contributed by atoms with Crippen LogP contribution in [0.3, 0.4) is 0 Å². The number of likely N-dealkylation sites (tertiary alicyclic amines) is 1. The van der Waals surface area contributed by atoms with Crippen molar-refractivity contribution in [3.63, 3.8) is 0 Å². The van der Waals surface area contributed by atoms with Gasteiger partial charge >= 0.3 is 53.4 Å². The van der Waals surface area contributed by atoms with Crippen molar-refractivity contribution in [2.75, 3.05) is 35.6 Å². The normalized spacial score (nSPS) is 11.6. The summed E-state index contributed by atoms with van der Waals surface area (Å²) in [4.78, 5) is 72.8. The van der Waals surface area contributed by atoms with E-state index in [1.165, 1.54) is 72.8 Å². The number of nitrogens with one attached hydrogen (secondary N) is 4. The fourth-order valence-corrected chi connectivity index (χ4v) is 5.72. The first-order valence-corrected chi connectivity index (χ1v) is 20.3. The topological polar surface area (TPSA) is 297 Å². The van der Waals surface area contributed by atoms with E-state index in [1.807, 2.05) is 0 Å². The number of primary amides is 1. The minimum Gasteiger partial charge on any atom is -0.399 e. The summed E-state index contributed by atoms with van der Waals surface area (Å²) in [6.07, 6.45) is 3.02. The van der Waals surface area contributed by atoms with E-state index in [4.69, 9.17) is 19.0 Å². The molecule has 0 aliphatic carbocycles. The van der Waals surface area contributed by atoms with Gasteiger partial charge in [-0.05, 0) is 92.1 Å². The molecule has 0 unspecified atom stereocenters. The van der Waals surface area contributed by atoms with Crippen LogP contribution < -0.4 is 27.0 Å². The molecule has 1 aliphatic rings. The third kappa shape index (κ3) is 15.5. The summed E-state index contributed by atoms with van der Waals surface area (Å²) in [5, 5.41) is 30.5. The Balaban J connectivity index is 0.000000213. The second-order valence-corrected chi connectivity index (χ2v) is 14.3. The van der Waals surface area contributed by atoms with Crippen LogP contribution in [0.15, 0.2) is 101 Å². The number of aromatic nitrogens is 6. The Bertz CT molecular complexity index is 2550. The molecule has 6 amide bonds. The minimum atomic E-state index is -0.891. The van der Waals surface area contributed by atoms with Gasteiger partial charge < -0.3 is 36.1 Å². The van der Waals surface area contributed by atoms with Crippen LogP contribution in [-0.2, 0) is 32.7 Å². The van der Waals surface area contributed by atoms with Crippen molar-refractivity contribution in [1.29, 1.82) is 0 Å². The van der Waals surface area contributed by atoms with Gasteiger partial charge in [0.05, 0.1) is 36.4 Å². The number of amides is 6. The molecule has 4 heterocycles. The first-order valence-electron chi connectivity index (χ1n) is 18.2. The molecule has 65 heavy (non-hydrogen) atoms. The van der Waals surface area contributed by atoms with Gasteiger partial charge in [-0.15, -0.1) is 21.8 Å². The Morgan fingerprint density at radius 3 is 1.26 bits per heavy atom. The van der Waals surface area contributed by atoms with Gasteiger partial charge in [0.1, 0.15) is 0 Å². The number of hydrogen-bond donors (Lipinski definition) is 5. The molecule has 6 N–H and O–H groups in total. The van der Waals surface area contributed by atoms with E-state index in [1.54, 1.807) is 4.90 Å². The average Bonchev–Trinajstić information content (AvgIpc) is 4.12. The molecular formula is C37H32F3N12O9S3Y-. The smallest absolute Gasteiger partial charge is 0.322 e. The zero-order valence-corrected chi connectivity index (χ0v) is 38.5. The molecule has 28 heteroatoms. The van der Waals surface area contributed by atoms with Gasteiger partial charge in [0.15, 0.2) is 0 Å². The molecule has 1 radical (unpaired) electrons. The van der Waals surface area contributed by atoms with E-state index in [-0.39, 0.29) is 123 Å². The number of anilines is 3. The number of nitrogens with zero attached hydrogens (tertiary/aromatic N) is 7. The number of halogens is 3. The zero-order chi connectivity index (χ0) is 46.0. The van der Waals surface area contributed by atoms with Crippen molar-refractivity contribution >= 4 is 89.9 Å². The molecule has 21 nitrogen and oxygen atoms in total. The predicted octanol–water partition coefficient (Wildman–Crippen LogP) is 6.18. The van der Waals surface area contributed by atoms with Gasteiger partial charge in [0.2, 0.25) is 0 Å². The van der Waals surface area contributed by atoms with E-state index in [9.17, 15) is 40.4 Å². The first kappa shape index (κ1) is 51.5. The molecule has 6 aromatic rings. The number of carbonyl (C=O) groups excluding carboxylic acids is 6. The molecule has 1 aliphatic heterocycles. The van der Waals surface area contributed by atoms with Gasteiger partial charge in [0.25, 0.3) is 17.7 Å². The van der Waals surface area contributed by atoms with Crippen molar-refractivity contribution in [2.45, 2.75) is 33.9 Å². The Labute approximate surface area is 403 Å². The standard InChI is InChI=1S/C15H15FN4O3S.C12H10FN4O3S.C10H7FN4O3S.Y/c16-24-11-6-4-10(5-7-11)12(21)17-15-19-18-13(23-15)14(22)20-8-2-1-3-9-20;1-2-14-10(19)11-16-17-12(20-11)15-9(18)7-3-5-8(21-13)6-4-7;11-19-6-3-1-5(2-4-6)8(17)13-10-15-14-9(18-10)7(12)16;/h4-7H,1-3,8-9H2,(H,17,19,21);3-6H,1-2H2,(H,14,19)(H,15,17,18);1-4H,(H2,12,16)(H,13,15,17);/q;-1;;. The minimum absolute atomic E-state index is 0. The van der Waals surface area contributed by atoms with Crippen LogP contribution in [-0.4, -0.2) is 90.6 Å². The Morgan fingerprint density at radius 1 is 0.554 bits per heavy atom. The number of nitrogens with two attached hydrogens (primary N) is 1. The molecule has 1 saturated heterocycles. The number of carbonyl (C=O) groups is 6. The summed E-state index contributed by atoms with van der Waals surface area (Å²) >= 11 is 0.257. The molecule has 7 rings (SSSR count). The van der Waals surface area contributed by atoms with Gasteiger partial charge in [-0.25, -0.2) is 0 Å². The van der Waals surface area contributed by atoms with Gasteiger partial charge in [-0.2, -0.15) is 11.7 Å². The molecule has 0 saturated carbocycles. The summed E-state index contributed by atoms with van der Waals surface area (Å²) in [5.41, 5.74) is 5.79. The summed E-state index contributed by atoms with van der Waals surface area (Å²) in [6.45, 7) is 4.95. The summed E-state index contributed by atoms with van der Waals surface area (Å²) in [6, 6.07) is 16.9. The molecule has 0 bridgehead atoms. The molecule has 3 aromatic heterocycles. The van der Waals surface area contributed by atoms with E-state index in [2.05, 4.69) is 58.8 Å². The van der Waals surface area contributed by atoms with Gasteiger partial charge in [-0.1, -0.05) is 15.3 Å². The van der Waals surface area contributed by atoms with E-state index < -0.39 is 35.4 Å². The SMILES string of the molecule is NC(=O)c1nnc(NC(=O)c2ccc(SF)cc2)o1.O=C(Nc1nnc(C(=O)N2CCCCC2)o1)c1ccc(SF)cc1.[CH2-]CNC(=O)c1nnc(NC(=O)c2ccc(SF)cc2)o1.[Y]. The van der Waals surface area contributed by atoms with Crippen LogP contribution in [0.25, 0.3) is 0 Å². The molecule has 0 atom stereocenters. The number of hydrogen-bond acceptors (Lipinski definition) is 18. The van der Waals surface area contributed by atoms with Gasteiger partial charge in [-0.3, -0.25) is 44.7 Å². The second-order valence-electron chi connectivity index (χ2n) is 12.4. The van der Waals surface area contributed by atoms with Crippen LogP contribution in [0, 0.1) is 6.92 Å². The monoisotopic (exact) mass is 1030 g/mol. The Hall–Kier alpha value is -6.16. The summed E-state index contributed by atoms with van der Waals surface area (Å²) < 4.78 is 51.9. The molecule has 337 valence electrons. The number of rotatable bonds is 13. The number of benzene rings is 3. The van der Waals surface area contributed by atoms with Crippen LogP contribution in [0.1, 0.15) is 82.4 Å². The Morgan fingerprint density at radius 2 is 0.908 bits per heavy atom. The fourth-order valence-electron chi connectivity index (χ4n) is 5.00. The van der Waals surface area contributed by atoms with Crippen molar-refractivity contribution in [3.8, 4) is 0 Å². The van der Waals surface area contributed by atoms with Crippen LogP contribution in [0.4, 0.5) is 29.7 Å². The zero-order valence-electron chi connectivity index (χ0n) is 33.2. The Kier molecular flexibility index (Phi) is 20.6. The van der Waals surface area contributed by atoms with Crippen LogP contribution in [0.5, 0.6) is 0 Å². The average molecular weight is 1030 g/mol.